The van der Waals surface area contributed by atoms with Crippen LogP contribution in [0, 0.1) is 0 Å². The topological polar surface area (TPSA) is 109 Å². The maximum absolute atomic E-state index is 12.4. The third-order valence-electron chi connectivity index (χ3n) is 3.39. The van der Waals surface area contributed by atoms with Crippen molar-refractivity contribution in [1.29, 1.82) is 0 Å². The van der Waals surface area contributed by atoms with Crippen LogP contribution < -0.4 is 0 Å². The number of fused-ring (bicyclic) bond motifs is 2. The number of aromatic hydroxyl groups is 2. The molecule has 0 aliphatic heterocycles. The Morgan fingerprint density at radius 1 is 0.864 bits per heavy atom. The van der Waals surface area contributed by atoms with Gasteiger partial charge in [-0.2, -0.15) is 0 Å². The summed E-state index contributed by atoms with van der Waals surface area (Å²) in [5, 5.41) is 19.7. The third-order valence-corrected chi connectivity index (χ3v) is 4.73. The molecule has 0 spiro atoms. The highest BCUT2D eigenvalue weighted by Crippen LogP contribution is 2.42. The van der Waals surface area contributed by atoms with Gasteiger partial charge in [0.25, 0.3) is 9.05 Å². The molecule has 8 heteroatoms. The van der Waals surface area contributed by atoms with Crippen LogP contribution in [0.3, 0.4) is 0 Å². The van der Waals surface area contributed by atoms with Crippen LogP contribution in [0.15, 0.2) is 35.2 Å². The molecule has 2 aromatic rings. The van der Waals surface area contributed by atoms with Gasteiger partial charge in [-0.25, -0.2) is 8.42 Å². The van der Waals surface area contributed by atoms with E-state index in [4.69, 9.17) is 10.7 Å². The molecule has 0 unspecified atom stereocenters. The van der Waals surface area contributed by atoms with Crippen LogP contribution in [0.25, 0.3) is 0 Å². The number of rotatable bonds is 1. The number of carbonyl (C=O) groups excluding carboxylic acids is 2. The van der Waals surface area contributed by atoms with Gasteiger partial charge in [0, 0.05) is 27.4 Å². The fraction of sp³-hybridized carbons (Fsp3) is 0. The maximum atomic E-state index is 12.4. The van der Waals surface area contributed by atoms with Gasteiger partial charge in [-0.05, 0) is 6.07 Å². The highest BCUT2D eigenvalue weighted by atomic mass is 35.7. The third kappa shape index (κ3) is 1.90. The summed E-state index contributed by atoms with van der Waals surface area (Å²) in [6, 6.07) is 6.71. The maximum Gasteiger partial charge on any atom is 0.265 e. The molecule has 0 aromatic heterocycles. The Hall–Kier alpha value is -2.38. The van der Waals surface area contributed by atoms with Crippen LogP contribution in [-0.2, 0) is 9.05 Å². The predicted molar refractivity (Wildman–Crippen MR) is 76.1 cm³/mol. The Kier molecular flexibility index (Phi) is 3.01. The Bertz CT molecular complexity index is 962. The molecule has 22 heavy (non-hydrogen) atoms. The van der Waals surface area contributed by atoms with E-state index in [1.165, 1.54) is 12.1 Å². The van der Waals surface area contributed by atoms with Gasteiger partial charge in [-0.1, -0.05) is 24.3 Å². The minimum absolute atomic E-state index is 0.0659. The zero-order valence-corrected chi connectivity index (χ0v) is 12.3. The molecular formula is C14H7ClO6S. The molecule has 3 rings (SSSR count). The Morgan fingerprint density at radius 3 is 1.95 bits per heavy atom. The van der Waals surface area contributed by atoms with Crippen molar-refractivity contribution in [3.05, 3.63) is 52.6 Å². The van der Waals surface area contributed by atoms with Crippen LogP contribution in [0.2, 0.25) is 0 Å². The van der Waals surface area contributed by atoms with Crippen molar-refractivity contribution in [1.82, 2.24) is 0 Å². The molecule has 6 nitrogen and oxygen atoms in total. The van der Waals surface area contributed by atoms with Gasteiger partial charge in [0.15, 0.2) is 23.1 Å². The number of halogens is 1. The lowest BCUT2D eigenvalue weighted by Gasteiger charge is -2.19. The summed E-state index contributed by atoms with van der Waals surface area (Å²) < 4.78 is 22.8. The van der Waals surface area contributed by atoms with E-state index in [-0.39, 0.29) is 16.7 Å². The first-order valence-corrected chi connectivity index (χ1v) is 8.26. The SMILES string of the molecule is O=C1c2ccccc2C(=O)c2c1cc(S(=O)(=O)Cl)c(O)c2O. The standard InChI is InChI=1S/C14H7ClO6S/c15-22(20,21)9-5-8-10(14(19)13(9)18)12(17)7-4-2-1-3-6(7)11(8)16/h1-5,18-19H. The van der Waals surface area contributed by atoms with E-state index >= 15 is 0 Å². The highest BCUT2D eigenvalue weighted by molar-refractivity contribution is 8.13. The number of phenols is 2. The molecule has 2 aromatic carbocycles. The summed E-state index contributed by atoms with van der Waals surface area (Å²) in [7, 11) is 0.758. The van der Waals surface area contributed by atoms with Gasteiger partial charge in [0.2, 0.25) is 0 Å². The first-order valence-electron chi connectivity index (χ1n) is 5.95. The largest absolute Gasteiger partial charge is 0.504 e. The van der Waals surface area contributed by atoms with E-state index < -0.39 is 42.6 Å². The predicted octanol–water partition coefficient (Wildman–Crippen LogP) is 1.80. The summed E-state index contributed by atoms with van der Waals surface area (Å²) in [6.07, 6.45) is 0. The Balaban J connectivity index is 2.42. The summed E-state index contributed by atoms with van der Waals surface area (Å²) in [5.74, 6) is -3.36. The van der Waals surface area contributed by atoms with Crippen molar-refractivity contribution in [2.24, 2.45) is 0 Å². The second-order valence-electron chi connectivity index (χ2n) is 4.64. The van der Waals surface area contributed by atoms with Gasteiger partial charge in [-0.3, -0.25) is 9.59 Å². The normalized spacial score (nSPS) is 13.7. The number of ketones is 2. The van der Waals surface area contributed by atoms with Crippen LogP contribution in [0.1, 0.15) is 31.8 Å². The minimum Gasteiger partial charge on any atom is -0.504 e. The number of phenolic OH excluding ortho intramolecular Hbond substituents is 2. The van der Waals surface area contributed by atoms with E-state index in [2.05, 4.69) is 0 Å². The number of benzene rings is 2. The van der Waals surface area contributed by atoms with E-state index in [0.29, 0.717) is 0 Å². The smallest absolute Gasteiger partial charge is 0.265 e. The molecule has 0 saturated heterocycles. The molecule has 0 amide bonds. The minimum atomic E-state index is -4.41. The molecular weight excluding hydrogens is 332 g/mol. The number of hydrogen-bond acceptors (Lipinski definition) is 6. The Labute approximate surface area is 129 Å². The molecule has 0 heterocycles. The lowest BCUT2D eigenvalue weighted by atomic mass is 9.83. The fourth-order valence-corrected chi connectivity index (χ4v) is 3.33. The molecule has 0 saturated carbocycles. The Morgan fingerprint density at radius 2 is 1.41 bits per heavy atom. The highest BCUT2D eigenvalue weighted by Gasteiger charge is 2.36. The fourth-order valence-electron chi connectivity index (χ4n) is 2.39. The van der Waals surface area contributed by atoms with Crippen molar-refractivity contribution in [3.63, 3.8) is 0 Å². The second-order valence-corrected chi connectivity index (χ2v) is 7.17. The second kappa shape index (κ2) is 4.56. The van der Waals surface area contributed by atoms with Crippen LogP contribution in [0.4, 0.5) is 0 Å². The van der Waals surface area contributed by atoms with E-state index in [1.807, 2.05) is 0 Å². The molecule has 2 N–H and O–H groups in total. The average molecular weight is 339 g/mol. The number of carbonyl (C=O) groups is 2. The molecule has 1 aliphatic carbocycles. The lowest BCUT2D eigenvalue weighted by Crippen LogP contribution is -2.21. The molecule has 0 fully saturated rings. The summed E-state index contributed by atoms with van der Waals surface area (Å²) >= 11 is 0. The van der Waals surface area contributed by atoms with Crippen LogP contribution >= 0.6 is 10.7 Å². The average Bonchev–Trinajstić information content (AvgIpc) is 2.46. The van der Waals surface area contributed by atoms with Crippen molar-refractivity contribution in [2.75, 3.05) is 0 Å². The van der Waals surface area contributed by atoms with Gasteiger partial charge < -0.3 is 10.2 Å². The zero-order valence-electron chi connectivity index (χ0n) is 10.7. The van der Waals surface area contributed by atoms with Gasteiger partial charge >= 0.3 is 0 Å². The monoisotopic (exact) mass is 338 g/mol. The summed E-state index contributed by atoms with van der Waals surface area (Å²) in [4.78, 5) is 24.0. The summed E-state index contributed by atoms with van der Waals surface area (Å²) in [6.45, 7) is 0. The van der Waals surface area contributed by atoms with Gasteiger partial charge in [0.1, 0.15) is 4.90 Å². The molecule has 0 bridgehead atoms. The van der Waals surface area contributed by atoms with E-state index in [9.17, 15) is 28.2 Å². The van der Waals surface area contributed by atoms with Gasteiger partial charge in [-0.15, -0.1) is 0 Å². The molecule has 0 atom stereocenters. The zero-order chi connectivity index (χ0) is 16.2. The van der Waals surface area contributed by atoms with Gasteiger partial charge in [0.05, 0.1) is 5.56 Å². The van der Waals surface area contributed by atoms with E-state index in [0.717, 1.165) is 6.07 Å². The quantitative estimate of drug-likeness (QED) is 0.517. The first kappa shape index (κ1) is 14.6. The molecule has 1 aliphatic rings. The lowest BCUT2D eigenvalue weighted by molar-refractivity contribution is 0.0975. The summed E-state index contributed by atoms with van der Waals surface area (Å²) in [5.41, 5.74) is -0.609. The van der Waals surface area contributed by atoms with Crippen LogP contribution in [0.5, 0.6) is 11.5 Å². The van der Waals surface area contributed by atoms with Crippen molar-refractivity contribution in [3.8, 4) is 11.5 Å². The molecule has 112 valence electrons. The number of hydrogen-bond donors (Lipinski definition) is 2. The van der Waals surface area contributed by atoms with Crippen molar-refractivity contribution in [2.45, 2.75) is 4.90 Å². The van der Waals surface area contributed by atoms with Crippen molar-refractivity contribution >= 4 is 31.3 Å². The van der Waals surface area contributed by atoms with E-state index in [1.54, 1.807) is 12.1 Å². The van der Waals surface area contributed by atoms with Crippen LogP contribution in [-0.4, -0.2) is 30.2 Å². The molecule has 0 radical (unpaired) electrons. The first-order chi connectivity index (χ1) is 10.2. The van der Waals surface area contributed by atoms with Crippen molar-refractivity contribution < 1.29 is 28.2 Å².